The molecular weight excluding hydrogens is 418 g/mol. The molecule has 0 aromatic heterocycles. The van der Waals surface area contributed by atoms with Crippen molar-refractivity contribution in [3.8, 4) is 0 Å². The van der Waals surface area contributed by atoms with Crippen LogP contribution in [0.1, 0.15) is 44.2 Å². The van der Waals surface area contributed by atoms with Gasteiger partial charge in [-0.1, -0.05) is 35.8 Å². The zero-order chi connectivity index (χ0) is 19.3. The standard InChI is InChI=1S/C10H16O4S.C9H10BrN/c1-9(2)7-3-4-10(9,8(11)5-7)6-15(12,13)14;10-8-2-1-6-4-9(11)5-7(6)3-8/h7H,3-6H2,1-2H3,(H,12,13,14);1-3,9H,4-5,11H2/t7-,10+;9-/m10/s1. The Kier molecular flexibility index (Phi) is 5.14. The molecule has 1 aromatic carbocycles. The Bertz CT molecular complexity index is 836. The van der Waals surface area contributed by atoms with Gasteiger partial charge >= 0.3 is 0 Å². The molecule has 0 saturated heterocycles. The molecule has 26 heavy (non-hydrogen) atoms. The second kappa shape index (κ2) is 6.69. The number of fused-ring (bicyclic) bond motifs is 3. The minimum Gasteiger partial charge on any atom is -0.327 e. The number of nitrogens with two attached hydrogens (primary N) is 1. The Hall–Kier alpha value is -0.760. The Morgan fingerprint density at radius 2 is 1.88 bits per heavy atom. The second-order valence-electron chi connectivity index (χ2n) is 8.47. The highest BCUT2D eigenvalue weighted by Gasteiger charge is 2.65. The summed E-state index contributed by atoms with van der Waals surface area (Å²) in [5.74, 6) is -0.101. The Labute approximate surface area is 163 Å². The minimum absolute atomic E-state index is 0.0152. The quantitative estimate of drug-likeness (QED) is 0.683. The van der Waals surface area contributed by atoms with E-state index >= 15 is 0 Å². The van der Waals surface area contributed by atoms with Gasteiger partial charge in [-0.3, -0.25) is 9.35 Å². The van der Waals surface area contributed by atoms with Gasteiger partial charge in [0.25, 0.3) is 10.1 Å². The lowest BCUT2D eigenvalue weighted by Gasteiger charge is -2.35. The van der Waals surface area contributed by atoms with Crippen molar-refractivity contribution in [3.63, 3.8) is 0 Å². The second-order valence-corrected chi connectivity index (χ2v) is 10.8. The number of benzene rings is 1. The normalized spacial score (nSPS) is 31.5. The number of hydrogen-bond donors (Lipinski definition) is 2. The van der Waals surface area contributed by atoms with Crippen LogP contribution in [0.4, 0.5) is 0 Å². The van der Waals surface area contributed by atoms with Gasteiger partial charge in [0.2, 0.25) is 0 Å². The third-order valence-electron chi connectivity index (χ3n) is 6.70. The van der Waals surface area contributed by atoms with Crippen molar-refractivity contribution in [3.05, 3.63) is 33.8 Å². The molecule has 2 bridgehead atoms. The molecule has 3 aliphatic rings. The van der Waals surface area contributed by atoms with E-state index in [-0.39, 0.29) is 17.1 Å². The summed E-state index contributed by atoms with van der Waals surface area (Å²) in [4.78, 5) is 11.9. The highest BCUT2D eigenvalue weighted by Crippen LogP contribution is 2.64. The van der Waals surface area contributed by atoms with Crippen LogP contribution in [-0.4, -0.2) is 30.5 Å². The lowest BCUT2D eigenvalue weighted by atomic mass is 9.70. The van der Waals surface area contributed by atoms with Gasteiger partial charge in [-0.15, -0.1) is 0 Å². The maximum atomic E-state index is 11.9. The van der Waals surface area contributed by atoms with Crippen LogP contribution in [0.25, 0.3) is 0 Å². The number of Topliss-reactive ketones (excluding diaryl/α,β-unsaturated/α-hetero) is 1. The topological polar surface area (TPSA) is 97.5 Å². The molecule has 5 nitrogen and oxygen atoms in total. The van der Waals surface area contributed by atoms with E-state index in [0.29, 0.717) is 18.9 Å². The molecule has 2 saturated carbocycles. The lowest BCUT2D eigenvalue weighted by Crippen LogP contribution is -2.42. The van der Waals surface area contributed by atoms with Crippen LogP contribution in [0.5, 0.6) is 0 Å². The van der Waals surface area contributed by atoms with E-state index in [1.54, 1.807) is 0 Å². The van der Waals surface area contributed by atoms with Crippen molar-refractivity contribution in [2.45, 2.75) is 52.0 Å². The summed E-state index contributed by atoms with van der Waals surface area (Å²) in [6.45, 7) is 3.89. The molecule has 0 radical (unpaired) electrons. The molecule has 4 rings (SSSR count). The van der Waals surface area contributed by atoms with E-state index in [9.17, 15) is 13.2 Å². The monoisotopic (exact) mass is 443 g/mol. The molecule has 3 atom stereocenters. The van der Waals surface area contributed by atoms with E-state index in [2.05, 4.69) is 34.1 Å². The summed E-state index contributed by atoms with van der Waals surface area (Å²) in [6, 6.07) is 6.75. The Balaban J connectivity index is 0.000000158. The van der Waals surface area contributed by atoms with E-state index < -0.39 is 21.3 Å². The fourth-order valence-electron chi connectivity index (χ4n) is 5.04. The van der Waals surface area contributed by atoms with Gasteiger partial charge in [0.05, 0.1) is 11.2 Å². The number of carbonyl (C=O) groups is 1. The maximum absolute atomic E-state index is 11.9. The van der Waals surface area contributed by atoms with Gasteiger partial charge in [-0.25, -0.2) is 0 Å². The molecule has 3 N–H and O–H groups in total. The van der Waals surface area contributed by atoms with Crippen LogP contribution >= 0.6 is 15.9 Å². The summed E-state index contributed by atoms with van der Waals surface area (Å²) in [5, 5.41) is 0. The van der Waals surface area contributed by atoms with E-state index in [0.717, 1.165) is 23.7 Å². The van der Waals surface area contributed by atoms with Crippen LogP contribution < -0.4 is 5.73 Å². The number of halogens is 1. The highest BCUT2D eigenvalue weighted by atomic mass is 79.9. The molecule has 0 aliphatic heterocycles. The van der Waals surface area contributed by atoms with Crippen LogP contribution in [0.15, 0.2) is 22.7 Å². The molecule has 3 aliphatic carbocycles. The van der Waals surface area contributed by atoms with Gasteiger partial charge in [0.15, 0.2) is 0 Å². The smallest absolute Gasteiger partial charge is 0.265 e. The van der Waals surface area contributed by atoms with Crippen LogP contribution in [-0.2, 0) is 27.8 Å². The highest BCUT2D eigenvalue weighted by molar-refractivity contribution is 9.10. The summed E-state index contributed by atoms with van der Waals surface area (Å²) < 4.78 is 32.1. The average Bonchev–Trinajstić information content (AvgIpc) is 3.03. The van der Waals surface area contributed by atoms with Gasteiger partial charge in [-0.2, -0.15) is 8.42 Å². The molecule has 2 fully saturated rings. The van der Waals surface area contributed by atoms with Gasteiger partial charge in [-0.05, 0) is 60.3 Å². The first-order chi connectivity index (χ1) is 11.9. The molecule has 144 valence electrons. The van der Waals surface area contributed by atoms with Gasteiger partial charge in [0, 0.05) is 16.9 Å². The number of rotatable bonds is 2. The average molecular weight is 444 g/mol. The summed E-state index contributed by atoms with van der Waals surface area (Å²) in [5.41, 5.74) is 7.53. The first-order valence-corrected chi connectivity index (χ1v) is 11.4. The van der Waals surface area contributed by atoms with Crippen molar-refractivity contribution in [1.82, 2.24) is 0 Å². The maximum Gasteiger partial charge on any atom is 0.265 e. The largest absolute Gasteiger partial charge is 0.327 e. The van der Waals surface area contributed by atoms with Crippen LogP contribution in [0.3, 0.4) is 0 Å². The fraction of sp³-hybridized carbons (Fsp3) is 0.632. The van der Waals surface area contributed by atoms with E-state index in [1.165, 1.54) is 11.1 Å². The van der Waals surface area contributed by atoms with Crippen molar-refractivity contribution >= 4 is 31.8 Å². The zero-order valence-corrected chi connectivity index (χ0v) is 17.6. The third kappa shape index (κ3) is 3.51. The zero-order valence-electron chi connectivity index (χ0n) is 15.2. The molecule has 0 unspecified atom stereocenters. The van der Waals surface area contributed by atoms with Crippen molar-refractivity contribution in [2.24, 2.45) is 22.5 Å². The third-order valence-corrected chi connectivity index (χ3v) is 8.05. The van der Waals surface area contributed by atoms with E-state index in [1.807, 2.05) is 13.8 Å². The number of carbonyl (C=O) groups excluding carboxylic acids is 1. The predicted octanol–water partition coefficient (Wildman–Crippen LogP) is 3.14. The Morgan fingerprint density at radius 3 is 2.42 bits per heavy atom. The minimum atomic E-state index is -4.08. The summed E-state index contributed by atoms with van der Waals surface area (Å²) >= 11 is 3.44. The molecule has 0 spiro atoms. The number of hydrogen-bond acceptors (Lipinski definition) is 4. The fourth-order valence-corrected chi connectivity index (χ4v) is 6.75. The molecule has 1 aromatic rings. The SMILES string of the molecule is CC1(C)[C@@H]2CC[C@]1(CS(=O)(=O)O)C(=O)C2.N[C@H]1Cc2ccc(Br)cc2C1. The first kappa shape index (κ1) is 20.0. The lowest BCUT2D eigenvalue weighted by molar-refractivity contribution is -0.128. The predicted molar refractivity (Wildman–Crippen MR) is 105 cm³/mol. The van der Waals surface area contributed by atoms with Gasteiger partial charge < -0.3 is 5.73 Å². The van der Waals surface area contributed by atoms with Crippen LogP contribution in [0, 0.1) is 16.7 Å². The first-order valence-electron chi connectivity index (χ1n) is 8.96. The molecular formula is C19H26BrNO4S. The molecule has 0 amide bonds. The van der Waals surface area contributed by atoms with Crippen LogP contribution in [0.2, 0.25) is 0 Å². The van der Waals surface area contributed by atoms with Crippen molar-refractivity contribution in [2.75, 3.05) is 5.75 Å². The van der Waals surface area contributed by atoms with Gasteiger partial charge in [0.1, 0.15) is 5.78 Å². The van der Waals surface area contributed by atoms with Crippen molar-refractivity contribution < 1.29 is 17.8 Å². The summed E-state index contributed by atoms with van der Waals surface area (Å²) in [7, 11) is -4.08. The summed E-state index contributed by atoms with van der Waals surface area (Å²) in [6.07, 6.45) is 4.05. The molecule has 7 heteroatoms. The number of ketones is 1. The molecule has 0 heterocycles. The van der Waals surface area contributed by atoms with E-state index in [4.69, 9.17) is 10.3 Å². The van der Waals surface area contributed by atoms with Crippen molar-refractivity contribution in [1.29, 1.82) is 0 Å². The Morgan fingerprint density at radius 1 is 1.23 bits per heavy atom.